The number of carbonyl (C=O) groups is 3. The van der Waals surface area contributed by atoms with Gasteiger partial charge in [0, 0.05) is 12.2 Å². The van der Waals surface area contributed by atoms with Gasteiger partial charge in [0.05, 0.1) is 6.61 Å². The minimum Gasteiger partial charge on any atom is -0.478 e. The molecule has 0 aromatic carbocycles. The molecule has 1 unspecified atom stereocenters. The average molecular weight is 275 g/mol. The van der Waals surface area contributed by atoms with Gasteiger partial charge in [0.25, 0.3) is 0 Å². The molecular formula is C11H17NO5S. The minimum absolute atomic E-state index is 0.232. The number of ether oxygens (including phenoxy) is 1. The summed E-state index contributed by atoms with van der Waals surface area (Å²) in [5.74, 6) is -1.67. The molecule has 0 aromatic heterocycles. The van der Waals surface area contributed by atoms with Crippen LogP contribution in [0.5, 0.6) is 0 Å². The maximum atomic E-state index is 11.5. The van der Waals surface area contributed by atoms with E-state index in [1.807, 2.05) is 6.26 Å². The number of rotatable bonds is 8. The topological polar surface area (TPSA) is 92.7 Å². The number of thioether (sulfide) groups is 1. The number of hydrogen-bond acceptors (Lipinski definition) is 5. The molecule has 0 aromatic rings. The standard InChI is InChI=1S/C11H17NO5S/c1-3-17-11(16)8(6-7-18-2)12-9(13)4-5-10(14)15/h4-5,8H,3,6-7H2,1-2H3,(H,12,13)(H,14,15)/b5-4+. The number of nitrogens with one attached hydrogen (secondary N) is 1. The van der Waals surface area contributed by atoms with Crippen molar-refractivity contribution in [2.45, 2.75) is 19.4 Å². The van der Waals surface area contributed by atoms with E-state index in [4.69, 9.17) is 9.84 Å². The van der Waals surface area contributed by atoms with Crippen LogP contribution in [0.15, 0.2) is 12.2 Å². The molecule has 0 spiro atoms. The molecule has 2 N–H and O–H groups in total. The Morgan fingerprint density at radius 3 is 2.56 bits per heavy atom. The van der Waals surface area contributed by atoms with Gasteiger partial charge in [-0.05, 0) is 25.4 Å². The molecule has 1 atom stereocenters. The molecule has 0 aliphatic rings. The molecule has 0 heterocycles. The van der Waals surface area contributed by atoms with E-state index >= 15 is 0 Å². The molecule has 102 valence electrons. The lowest BCUT2D eigenvalue weighted by Crippen LogP contribution is -2.41. The van der Waals surface area contributed by atoms with E-state index in [1.54, 1.807) is 6.92 Å². The molecule has 0 fully saturated rings. The van der Waals surface area contributed by atoms with Crippen molar-refractivity contribution < 1.29 is 24.2 Å². The van der Waals surface area contributed by atoms with E-state index in [1.165, 1.54) is 11.8 Å². The monoisotopic (exact) mass is 275 g/mol. The number of esters is 1. The number of carbonyl (C=O) groups excluding carboxylic acids is 2. The molecule has 6 nitrogen and oxygen atoms in total. The lowest BCUT2D eigenvalue weighted by atomic mass is 10.2. The Hall–Kier alpha value is -1.50. The molecule has 0 saturated heterocycles. The zero-order chi connectivity index (χ0) is 14.0. The Morgan fingerprint density at radius 1 is 1.39 bits per heavy atom. The van der Waals surface area contributed by atoms with Crippen molar-refractivity contribution in [3.05, 3.63) is 12.2 Å². The Labute approximate surface area is 110 Å². The van der Waals surface area contributed by atoms with Crippen molar-refractivity contribution in [1.82, 2.24) is 5.32 Å². The lowest BCUT2D eigenvalue weighted by Gasteiger charge is -2.15. The molecule has 0 bridgehead atoms. The van der Waals surface area contributed by atoms with E-state index in [0.717, 1.165) is 6.08 Å². The molecule has 0 aliphatic carbocycles. The minimum atomic E-state index is -1.22. The highest BCUT2D eigenvalue weighted by Gasteiger charge is 2.20. The molecule has 0 saturated carbocycles. The highest BCUT2D eigenvalue weighted by Crippen LogP contribution is 2.03. The molecular weight excluding hydrogens is 258 g/mol. The van der Waals surface area contributed by atoms with Crippen LogP contribution in [0.1, 0.15) is 13.3 Å². The van der Waals surface area contributed by atoms with Crippen molar-refractivity contribution in [2.24, 2.45) is 0 Å². The van der Waals surface area contributed by atoms with Crippen molar-refractivity contribution in [2.75, 3.05) is 18.6 Å². The first-order valence-electron chi connectivity index (χ1n) is 5.38. The molecule has 0 aliphatic heterocycles. The fraction of sp³-hybridized carbons (Fsp3) is 0.545. The van der Waals surface area contributed by atoms with Crippen LogP contribution in [0.2, 0.25) is 0 Å². The van der Waals surface area contributed by atoms with Crippen LogP contribution < -0.4 is 5.32 Å². The molecule has 0 rings (SSSR count). The highest BCUT2D eigenvalue weighted by atomic mass is 32.2. The Kier molecular flexibility index (Phi) is 8.73. The smallest absolute Gasteiger partial charge is 0.328 e. The summed E-state index contributed by atoms with van der Waals surface area (Å²) in [6.45, 7) is 1.91. The van der Waals surface area contributed by atoms with Gasteiger partial charge in [-0.2, -0.15) is 11.8 Å². The van der Waals surface area contributed by atoms with Crippen LogP contribution >= 0.6 is 11.8 Å². The van der Waals surface area contributed by atoms with Gasteiger partial charge in [-0.15, -0.1) is 0 Å². The summed E-state index contributed by atoms with van der Waals surface area (Å²) >= 11 is 1.54. The third-order valence-electron chi connectivity index (χ3n) is 1.88. The lowest BCUT2D eigenvalue weighted by molar-refractivity contribution is -0.147. The van der Waals surface area contributed by atoms with Gasteiger partial charge in [-0.1, -0.05) is 0 Å². The first-order valence-corrected chi connectivity index (χ1v) is 6.77. The van der Waals surface area contributed by atoms with E-state index in [-0.39, 0.29) is 6.61 Å². The van der Waals surface area contributed by atoms with Crippen LogP contribution in [0, 0.1) is 0 Å². The van der Waals surface area contributed by atoms with E-state index < -0.39 is 23.9 Å². The second kappa shape index (κ2) is 9.52. The summed E-state index contributed by atoms with van der Waals surface area (Å²) in [7, 11) is 0. The third kappa shape index (κ3) is 7.72. The maximum Gasteiger partial charge on any atom is 0.328 e. The summed E-state index contributed by atoms with van der Waals surface area (Å²) in [5, 5.41) is 10.8. The van der Waals surface area contributed by atoms with E-state index in [2.05, 4.69) is 5.32 Å². The first kappa shape index (κ1) is 16.5. The summed E-state index contributed by atoms with van der Waals surface area (Å²) in [5.41, 5.74) is 0. The second-order valence-corrected chi connectivity index (χ2v) is 4.25. The number of aliphatic carboxylic acids is 1. The molecule has 18 heavy (non-hydrogen) atoms. The van der Waals surface area contributed by atoms with Crippen LogP contribution in [-0.2, 0) is 19.1 Å². The van der Waals surface area contributed by atoms with Crippen molar-refractivity contribution in [1.29, 1.82) is 0 Å². The third-order valence-corrected chi connectivity index (χ3v) is 2.52. The van der Waals surface area contributed by atoms with Gasteiger partial charge >= 0.3 is 11.9 Å². The number of hydrogen-bond donors (Lipinski definition) is 2. The molecule has 1 amide bonds. The normalized spacial score (nSPS) is 12.1. The number of carboxylic acid groups (broad SMARTS) is 1. The summed E-state index contributed by atoms with van der Waals surface area (Å²) < 4.78 is 4.82. The zero-order valence-corrected chi connectivity index (χ0v) is 11.2. The Balaban J connectivity index is 4.43. The molecule has 0 radical (unpaired) electrons. The summed E-state index contributed by atoms with van der Waals surface area (Å²) in [4.78, 5) is 33.1. The van der Waals surface area contributed by atoms with Crippen LogP contribution in [0.3, 0.4) is 0 Å². The van der Waals surface area contributed by atoms with Gasteiger partial charge in [0.2, 0.25) is 5.91 Å². The predicted molar refractivity (Wildman–Crippen MR) is 68.3 cm³/mol. The average Bonchev–Trinajstić information content (AvgIpc) is 2.32. The van der Waals surface area contributed by atoms with Crippen LogP contribution in [0.4, 0.5) is 0 Å². The predicted octanol–water partition coefficient (Wildman–Crippen LogP) is 0.428. The number of carboxylic acids is 1. The second-order valence-electron chi connectivity index (χ2n) is 3.27. The highest BCUT2D eigenvalue weighted by molar-refractivity contribution is 7.98. The van der Waals surface area contributed by atoms with Crippen molar-refractivity contribution in [3.63, 3.8) is 0 Å². The maximum absolute atomic E-state index is 11.5. The Bertz CT molecular complexity index is 329. The SMILES string of the molecule is CCOC(=O)C(CCSC)NC(=O)/C=C/C(=O)O. The first-order chi connectivity index (χ1) is 8.51. The van der Waals surface area contributed by atoms with E-state index in [9.17, 15) is 14.4 Å². The van der Waals surface area contributed by atoms with Crippen molar-refractivity contribution >= 4 is 29.6 Å². The fourth-order valence-corrected chi connectivity index (χ4v) is 1.57. The van der Waals surface area contributed by atoms with Crippen molar-refractivity contribution in [3.8, 4) is 0 Å². The van der Waals surface area contributed by atoms with Crippen LogP contribution in [-0.4, -0.2) is 47.6 Å². The van der Waals surface area contributed by atoms with E-state index in [0.29, 0.717) is 18.2 Å². The van der Waals surface area contributed by atoms with Gasteiger partial charge in [-0.3, -0.25) is 4.79 Å². The van der Waals surface area contributed by atoms with Gasteiger partial charge in [-0.25, -0.2) is 9.59 Å². The van der Waals surface area contributed by atoms with Gasteiger partial charge in [0.15, 0.2) is 0 Å². The van der Waals surface area contributed by atoms with Crippen LogP contribution in [0.25, 0.3) is 0 Å². The van der Waals surface area contributed by atoms with Gasteiger partial charge < -0.3 is 15.2 Å². The fourth-order valence-electron chi connectivity index (χ4n) is 1.09. The summed E-state index contributed by atoms with van der Waals surface area (Å²) in [6, 6.07) is -0.747. The van der Waals surface area contributed by atoms with Gasteiger partial charge in [0.1, 0.15) is 6.04 Å². The number of amides is 1. The molecule has 7 heteroatoms. The summed E-state index contributed by atoms with van der Waals surface area (Å²) in [6.07, 6.45) is 3.90. The quantitative estimate of drug-likeness (QED) is 0.493. The zero-order valence-electron chi connectivity index (χ0n) is 10.3. The Morgan fingerprint density at radius 2 is 2.06 bits per heavy atom. The largest absolute Gasteiger partial charge is 0.478 e.